The monoisotopic (exact) mass is 384 g/mol. The van der Waals surface area contributed by atoms with Crippen molar-refractivity contribution in [1.82, 2.24) is 14.3 Å². The van der Waals surface area contributed by atoms with Gasteiger partial charge in [0.15, 0.2) is 4.80 Å². The van der Waals surface area contributed by atoms with E-state index in [4.69, 9.17) is 15.9 Å². The van der Waals surface area contributed by atoms with Gasteiger partial charge in [-0.25, -0.2) is 0 Å². The summed E-state index contributed by atoms with van der Waals surface area (Å²) in [6.07, 6.45) is 5.55. The van der Waals surface area contributed by atoms with E-state index in [9.17, 15) is 4.79 Å². The number of aromatic nitrogens is 3. The van der Waals surface area contributed by atoms with Gasteiger partial charge in [-0.15, -0.1) is 6.42 Å². The predicted octanol–water partition coefficient (Wildman–Crippen LogP) is 2.62. The molecule has 2 heterocycles. The van der Waals surface area contributed by atoms with Crippen molar-refractivity contribution in [1.29, 1.82) is 0 Å². The van der Waals surface area contributed by atoms with Crippen molar-refractivity contribution in [3.63, 3.8) is 0 Å². The zero-order chi connectivity index (χ0) is 19.6. The minimum atomic E-state index is -0.368. The molecule has 0 aliphatic heterocycles. The largest absolute Gasteiger partial charge is 0.495 e. The SMILES string of the molecule is C#CCn1c(=NC(=O)c2cc(C)nn2CC)sc2c(OC)ccc(OC)c21. The zero-order valence-corrected chi connectivity index (χ0v) is 16.5. The first kappa shape index (κ1) is 18.7. The summed E-state index contributed by atoms with van der Waals surface area (Å²) in [5.74, 6) is 3.56. The summed E-state index contributed by atoms with van der Waals surface area (Å²) in [6, 6.07) is 5.36. The van der Waals surface area contributed by atoms with Gasteiger partial charge < -0.3 is 14.0 Å². The maximum absolute atomic E-state index is 12.8. The number of nitrogens with zero attached hydrogens (tertiary/aromatic N) is 4. The van der Waals surface area contributed by atoms with Gasteiger partial charge in [0.1, 0.15) is 27.4 Å². The van der Waals surface area contributed by atoms with E-state index in [1.807, 2.05) is 26.0 Å². The minimum Gasteiger partial charge on any atom is -0.495 e. The second-order valence-corrected chi connectivity index (χ2v) is 6.70. The number of carbonyl (C=O) groups is 1. The molecule has 3 aromatic rings. The number of hydrogen-bond donors (Lipinski definition) is 0. The molecule has 0 bridgehead atoms. The number of carbonyl (C=O) groups excluding carboxylic acids is 1. The molecule has 0 N–H and O–H groups in total. The number of methoxy groups -OCH3 is 2. The number of benzene rings is 1. The van der Waals surface area contributed by atoms with Crippen LogP contribution in [-0.4, -0.2) is 34.5 Å². The number of ether oxygens (including phenoxy) is 2. The molecule has 0 aliphatic carbocycles. The van der Waals surface area contributed by atoms with Crippen molar-refractivity contribution >= 4 is 27.5 Å². The molecule has 0 saturated heterocycles. The first-order valence-corrected chi connectivity index (χ1v) is 9.17. The highest BCUT2D eigenvalue weighted by Crippen LogP contribution is 2.35. The molecule has 0 radical (unpaired) electrons. The fourth-order valence-electron chi connectivity index (χ4n) is 2.88. The Kier molecular flexibility index (Phi) is 5.33. The summed E-state index contributed by atoms with van der Waals surface area (Å²) in [4.78, 5) is 17.6. The van der Waals surface area contributed by atoms with Gasteiger partial charge in [-0.2, -0.15) is 10.1 Å². The van der Waals surface area contributed by atoms with E-state index in [0.717, 1.165) is 15.9 Å². The number of fused-ring (bicyclic) bond motifs is 1. The van der Waals surface area contributed by atoms with Crippen molar-refractivity contribution in [3.05, 3.63) is 34.4 Å². The average molecular weight is 384 g/mol. The summed E-state index contributed by atoms with van der Waals surface area (Å²) in [5.41, 5.74) is 1.97. The Labute approximate surface area is 160 Å². The van der Waals surface area contributed by atoms with E-state index >= 15 is 0 Å². The van der Waals surface area contributed by atoms with Crippen LogP contribution in [0.2, 0.25) is 0 Å². The average Bonchev–Trinajstić information content (AvgIpc) is 3.22. The smallest absolute Gasteiger partial charge is 0.297 e. The molecule has 0 atom stereocenters. The molecule has 27 heavy (non-hydrogen) atoms. The van der Waals surface area contributed by atoms with Gasteiger partial charge in [0.25, 0.3) is 5.91 Å². The van der Waals surface area contributed by atoms with Crippen LogP contribution < -0.4 is 14.3 Å². The lowest BCUT2D eigenvalue weighted by atomic mass is 10.3. The molecule has 7 nitrogen and oxygen atoms in total. The van der Waals surface area contributed by atoms with Gasteiger partial charge in [0.05, 0.1) is 26.5 Å². The lowest BCUT2D eigenvalue weighted by Gasteiger charge is -2.08. The Morgan fingerprint density at radius 1 is 1.33 bits per heavy atom. The number of terminal acetylenes is 1. The molecular weight excluding hydrogens is 364 g/mol. The highest BCUT2D eigenvalue weighted by molar-refractivity contribution is 7.16. The molecule has 3 rings (SSSR count). The van der Waals surface area contributed by atoms with Crippen LogP contribution in [0.1, 0.15) is 23.1 Å². The Morgan fingerprint density at radius 3 is 2.67 bits per heavy atom. The molecular formula is C19H20N4O3S. The first-order chi connectivity index (χ1) is 13.0. The van der Waals surface area contributed by atoms with Crippen LogP contribution in [0.3, 0.4) is 0 Å². The van der Waals surface area contributed by atoms with Crippen LogP contribution in [-0.2, 0) is 13.1 Å². The third-order valence-corrected chi connectivity index (χ3v) is 5.15. The van der Waals surface area contributed by atoms with Crippen LogP contribution >= 0.6 is 11.3 Å². The molecule has 140 valence electrons. The van der Waals surface area contributed by atoms with Crippen LogP contribution in [0, 0.1) is 19.3 Å². The summed E-state index contributed by atoms with van der Waals surface area (Å²) in [6.45, 7) is 4.61. The normalized spacial score (nSPS) is 11.6. The topological polar surface area (TPSA) is 70.6 Å². The molecule has 1 aromatic carbocycles. The number of rotatable bonds is 5. The number of amides is 1. The highest BCUT2D eigenvalue weighted by Gasteiger charge is 2.18. The molecule has 2 aromatic heterocycles. The third kappa shape index (κ3) is 3.34. The lowest BCUT2D eigenvalue weighted by Crippen LogP contribution is -2.18. The van der Waals surface area contributed by atoms with Crippen LogP contribution in [0.25, 0.3) is 10.2 Å². The molecule has 0 fully saturated rings. The van der Waals surface area contributed by atoms with Crippen LogP contribution in [0.4, 0.5) is 0 Å². The predicted molar refractivity (Wildman–Crippen MR) is 104 cm³/mol. The fourth-order valence-corrected chi connectivity index (χ4v) is 4.02. The minimum absolute atomic E-state index is 0.252. The van der Waals surface area contributed by atoms with E-state index in [2.05, 4.69) is 16.0 Å². The van der Waals surface area contributed by atoms with Gasteiger partial charge in [-0.1, -0.05) is 17.3 Å². The van der Waals surface area contributed by atoms with Gasteiger partial charge in [-0.05, 0) is 32.0 Å². The van der Waals surface area contributed by atoms with Gasteiger partial charge in [0.2, 0.25) is 0 Å². The standard InChI is InChI=1S/C19H20N4O3S/c1-6-10-22-16-14(25-4)8-9-15(26-5)17(16)27-19(22)20-18(24)13-11-12(3)21-23(13)7-2/h1,8-9,11H,7,10H2,2-5H3. The highest BCUT2D eigenvalue weighted by atomic mass is 32.1. The van der Waals surface area contributed by atoms with Gasteiger partial charge >= 0.3 is 0 Å². The zero-order valence-electron chi connectivity index (χ0n) is 15.6. The summed E-state index contributed by atoms with van der Waals surface area (Å²) in [5, 5.41) is 4.31. The Hall–Kier alpha value is -3.05. The maximum atomic E-state index is 12.8. The summed E-state index contributed by atoms with van der Waals surface area (Å²) >= 11 is 1.33. The molecule has 8 heteroatoms. The van der Waals surface area contributed by atoms with E-state index in [0.29, 0.717) is 28.5 Å². The third-order valence-electron chi connectivity index (χ3n) is 4.06. The summed E-state index contributed by atoms with van der Waals surface area (Å²) in [7, 11) is 3.18. The fraction of sp³-hybridized carbons (Fsp3) is 0.316. The number of hydrogen-bond acceptors (Lipinski definition) is 5. The van der Waals surface area contributed by atoms with Gasteiger partial charge in [0, 0.05) is 6.54 Å². The molecule has 0 aliphatic rings. The molecule has 1 amide bonds. The van der Waals surface area contributed by atoms with Crippen molar-refractivity contribution in [2.24, 2.45) is 4.99 Å². The van der Waals surface area contributed by atoms with E-state index in [1.54, 1.807) is 29.5 Å². The quantitative estimate of drug-likeness (QED) is 0.634. The van der Waals surface area contributed by atoms with Crippen molar-refractivity contribution < 1.29 is 14.3 Å². The molecule has 0 spiro atoms. The molecule has 0 saturated carbocycles. The van der Waals surface area contributed by atoms with Crippen molar-refractivity contribution in [3.8, 4) is 23.8 Å². The lowest BCUT2D eigenvalue weighted by molar-refractivity contribution is 0.0987. The number of aryl methyl sites for hydroxylation is 2. The molecule has 0 unspecified atom stereocenters. The van der Waals surface area contributed by atoms with Crippen molar-refractivity contribution in [2.75, 3.05) is 14.2 Å². The second-order valence-electron chi connectivity index (χ2n) is 5.73. The maximum Gasteiger partial charge on any atom is 0.297 e. The van der Waals surface area contributed by atoms with Crippen LogP contribution in [0.15, 0.2) is 23.2 Å². The summed E-state index contributed by atoms with van der Waals surface area (Å²) < 4.78 is 15.2. The van der Waals surface area contributed by atoms with E-state index < -0.39 is 0 Å². The van der Waals surface area contributed by atoms with Gasteiger partial charge in [-0.3, -0.25) is 9.48 Å². The van der Waals surface area contributed by atoms with Crippen LogP contribution in [0.5, 0.6) is 11.5 Å². The second kappa shape index (κ2) is 7.68. The number of thiazole rings is 1. The first-order valence-electron chi connectivity index (χ1n) is 8.35. The van der Waals surface area contributed by atoms with E-state index in [-0.39, 0.29) is 12.5 Å². The van der Waals surface area contributed by atoms with Crippen molar-refractivity contribution in [2.45, 2.75) is 26.9 Å². The van der Waals surface area contributed by atoms with E-state index in [1.165, 1.54) is 11.3 Å². The Balaban J connectivity index is 2.27. The Bertz CT molecular complexity index is 1110. The Morgan fingerprint density at radius 2 is 2.04 bits per heavy atom.